The Balaban J connectivity index is 1.91. The molecule has 1 saturated heterocycles. The van der Waals surface area contributed by atoms with Gasteiger partial charge in [-0.1, -0.05) is 30.3 Å². The number of carboxylic acid groups (broad SMARTS) is 1. The first kappa shape index (κ1) is 11.3. The first-order chi connectivity index (χ1) is 8.66. The summed E-state index contributed by atoms with van der Waals surface area (Å²) >= 11 is 1.50. The molecular formula is C13H11NO3S. The van der Waals surface area contributed by atoms with Crippen LogP contribution in [0, 0.1) is 0 Å². The van der Waals surface area contributed by atoms with Gasteiger partial charge in [0.15, 0.2) is 0 Å². The van der Waals surface area contributed by atoms with E-state index in [1.54, 1.807) is 0 Å². The van der Waals surface area contributed by atoms with Gasteiger partial charge in [0.2, 0.25) is 5.91 Å². The summed E-state index contributed by atoms with van der Waals surface area (Å²) in [5, 5.41) is 9.24. The van der Waals surface area contributed by atoms with Gasteiger partial charge in [0.25, 0.3) is 0 Å². The van der Waals surface area contributed by atoms with Gasteiger partial charge in [0.05, 0.1) is 11.8 Å². The first-order valence-electron chi connectivity index (χ1n) is 5.66. The van der Waals surface area contributed by atoms with E-state index >= 15 is 0 Å². The molecule has 0 bridgehead atoms. The number of rotatable bonds is 3. The van der Waals surface area contributed by atoms with E-state index in [1.807, 2.05) is 30.3 Å². The highest BCUT2D eigenvalue weighted by Crippen LogP contribution is 2.47. The maximum absolute atomic E-state index is 11.4. The molecule has 2 aliphatic heterocycles. The third kappa shape index (κ3) is 1.71. The van der Waals surface area contributed by atoms with Gasteiger partial charge < -0.3 is 5.11 Å². The van der Waals surface area contributed by atoms with Crippen molar-refractivity contribution in [2.75, 3.05) is 0 Å². The van der Waals surface area contributed by atoms with Crippen molar-refractivity contribution < 1.29 is 14.7 Å². The summed E-state index contributed by atoms with van der Waals surface area (Å²) in [5.41, 5.74) is 1.24. The van der Waals surface area contributed by atoms with E-state index < -0.39 is 5.97 Å². The van der Waals surface area contributed by atoms with Gasteiger partial charge in [-0.25, -0.2) is 4.79 Å². The van der Waals surface area contributed by atoms with E-state index in [2.05, 4.69) is 0 Å². The summed E-state index contributed by atoms with van der Waals surface area (Å²) < 4.78 is 0. The largest absolute Gasteiger partial charge is 0.477 e. The molecule has 4 nitrogen and oxygen atoms in total. The number of carbonyl (C=O) groups is 2. The molecule has 1 fully saturated rings. The third-order valence-electron chi connectivity index (χ3n) is 3.10. The molecule has 1 amide bonds. The highest BCUT2D eigenvalue weighted by molar-refractivity contribution is 8.04. The average molecular weight is 261 g/mol. The van der Waals surface area contributed by atoms with Crippen LogP contribution in [-0.4, -0.2) is 27.3 Å². The van der Waals surface area contributed by atoms with Crippen LogP contribution in [0.3, 0.4) is 0 Å². The second-order valence-electron chi connectivity index (χ2n) is 4.28. The fourth-order valence-electron chi connectivity index (χ4n) is 2.23. The summed E-state index contributed by atoms with van der Waals surface area (Å²) in [6.07, 6.45) is 1.02. The zero-order chi connectivity index (χ0) is 12.7. The number of nitrogens with zero attached hydrogens (tertiary/aromatic N) is 1. The molecule has 92 valence electrons. The van der Waals surface area contributed by atoms with Crippen molar-refractivity contribution in [3.05, 3.63) is 46.5 Å². The standard InChI is InChI=1S/C13H11NO3S/c15-10-7-11-14(10)12(13(16)17)9(18-11)6-8-4-2-1-3-5-8/h1-5,11H,6-7H2,(H,16,17)/t11-/m0/s1. The summed E-state index contributed by atoms with van der Waals surface area (Å²) in [7, 11) is 0. The Morgan fingerprint density at radius 2 is 2.11 bits per heavy atom. The number of carbonyl (C=O) groups excluding carboxylic acids is 1. The average Bonchev–Trinajstić information content (AvgIpc) is 2.63. The lowest BCUT2D eigenvalue weighted by Crippen LogP contribution is -2.48. The van der Waals surface area contributed by atoms with E-state index in [9.17, 15) is 14.7 Å². The number of thioether (sulfide) groups is 1. The van der Waals surface area contributed by atoms with Gasteiger partial charge in [-0.15, -0.1) is 11.8 Å². The molecule has 3 rings (SSSR count). The number of fused-ring (bicyclic) bond motifs is 1. The summed E-state index contributed by atoms with van der Waals surface area (Å²) in [6, 6.07) is 9.70. The van der Waals surface area contributed by atoms with Crippen LogP contribution >= 0.6 is 11.8 Å². The van der Waals surface area contributed by atoms with Crippen LogP contribution in [-0.2, 0) is 16.0 Å². The van der Waals surface area contributed by atoms with E-state index in [-0.39, 0.29) is 17.0 Å². The predicted molar refractivity (Wildman–Crippen MR) is 67.6 cm³/mol. The second kappa shape index (κ2) is 4.17. The SMILES string of the molecule is O=C(O)C1=C(Cc2ccccc2)S[C@H]2CC(=O)N12. The van der Waals surface area contributed by atoms with Gasteiger partial charge >= 0.3 is 5.97 Å². The number of hydrogen-bond acceptors (Lipinski definition) is 3. The Morgan fingerprint density at radius 1 is 1.39 bits per heavy atom. The van der Waals surface area contributed by atoms with Gasteiger partial charge in [-0.05, 0) is 5.56 Å². The molecule has 1 aromatic carbocycles. The lowest BCUT2D eigenvalue weighted by atomic mass is 10.1. The smallest absolute Gasteiger partial charge is 0.353 e. The Kier molecular flexibility index (Phi) is 2.63. The fourth-order valence-corrected chi connectivity index (χ4v) is 3.66. The van der Waals surface area contributed by atoms with Crippen LogP contribution < -0.4 is 0 Å². The number of benzene rings is 1. The Morgan fingerprint density at radius 3 is 2.72 bits per heavy atom. The van der Waals surface area contributed by atoms with Crippen molar-refractivity contribution in [3.8, 4) is 0 Å². The lowest BCUT2D eigenvalue weighted by molar-refractivity contribution is -0.145. The zero-order valence-corrected chi connectivity index (χ0v) is 10.3. The van der Waals surface area contributed by atoms with Crippen LogP contribution in [0.2, 0.25) is 0 Å². The van der Waals surface area contributed by atoms with Crippen molar-refractivity contribution in [2.24, 2.45) is 0 Å². The van der Waals surface area contributed by atoms with E-state index in [0.29, 0.717) is 12.8 Å². The molecule has 0 aromatic heterocycles. The second-order valence-corrected chi connectivity index (χ2v) is 5.55. The van der Waals surface area contributed by atoms with Gasteiger partial charge in [-0.3, -0.25) is 9.69 Å². The number of amides is 1. The number of β-lactam (4-membered cyclic amide) rings is 1. The molecule has 1 N–H and O–H groups in total. The number of allylic oxidation sites excluding steroid dienone is 1. The molecule has 1 aromatic rings. The Hall–Kier alpha value is -1.75. The van der Waals surface area contributed by atoms with Gasteiger partial charge in [-0.2, -0.15) is 0 Å². The predicted octanol–water partition coefficient (Wildman–Crippen LogP) is 1.83. The molecule has 0 saturated carbocycles. The highest BCUT2D eigenvalue weighted by Gasteiger charge is 2.48. The van der Waals surface area contributed by atoms with E-state index in [4.69, 9.17) is 0 Å². The first-order valence-corrected chi connectivity index (χ1v) is 6.54. The van der Waals surface area contributed by atoms with E-state index in [0.717, 1.165) is 10.5 Å². The van der Waals surface area contributed by atoms with Gasteiger partial charge in [0, 0.05) is 11.3 Å². The zero-order valence-electron chi connectivity index (χ0n) is 9.50. The normalized spacial score (nSPS) is 21.9. The Bertz CT molecular complexity index is 553. The van der Waals surface area contributed by atoms with Crippen LogP contribution in [0.4, 0.5) is 0 Å². The maximum atomic E-state index is 11.4. The molecule has 1 atom stereocenters. The number of hydrogen-bond donors (Lipinski definition) is 1. The molecule has 18 heavy (non-hydrogen) atoms. The molecule has 2 heterocycles. The van der Waals surface area contributed by atoms with Crippen molar-refractivity contribution in [1.29, 1.82) is 0 Å². The summed E-state index contributed by atoms with van der Waals surface area (Å²) in [4.78, 5) is 24.9. The van der Waals surface area contributed by atoms with Crippen molar-refractivity contribution >= 4 is 23.6 Å². The van der Waals surface area contributed by atoms with Crippen LogP contribution in [0.25, 0.3) is 0 Å². The molecule has 5 heteroatoms. The molecule has 0 radical (unpaired) electrons. The van der Waals surface area contributed by atoms with Crippen molar-refractivity contribution in [1.82, 2.24) is 4.90 Å². The third-order valence-corrected chi connectivity index (χ3v) is 4.37. The number of aliphatic carboxylic acids is 1. The summed E-state index contributed by atoms with van der Waals surface area (Å²) in [6.45, 7) is 0. The van der Waals surface area contributed by atoms with Gasteiger partial charge in [0.1, 0.15) is 5.70 Å². The molecule has 0 unspecified atom stereocenters. The monoisotopic (exact) mass is 261 g/mol. The van der Waals surface area contributed by atoms with E-state index in [1.165, 1.54) is 16.7 Å². The summed E-state index contributed by atoms with van der Waals surface area (Å²) in [5.74, 6) is -1.10. The number of carboxylic acids is 1. The highest BCUT2D eigenvalue weighted by atomic mass is 32.2. The topological polar surface area (TPSA) is 57.6 Å². The quantitative estimate of drug-likeness (QED) is 0.843. The minimum Gasteiger partial charge on any atom is -0.477 e. The van der Waals surface area contributed by atoms with Crippen molar-refractivity contribution in [2.45, 2.75) is 18.2 Å². The lowest BCUT2D eigenvalue weighted by Gasteiger charge is -2.33. The fraction of sp³-hybridized carbons (Fsp3) is 0.231. The molecular weight excluding hydrogens is 250 g/mol. The molecule has 2 aliphatic rings. The Labute approximate surface area is 108 Å². The van der Waals surface area contributed by atoms with Crippen LogP contribution in [0.5, 0.6) is 0 Å². The van der Waals surface area contributed by atoms with Crippen LogP contribution in [0.1, 0.15) is 12.0 Å². The minimum atomic E-state index is -1.01. The molecule has 0 spiro atoms. The minimum absolute atomic E-state index is 0.00214. The van der Waals surface area contributed by atoms with Crippen LogP contribution in [0.15, 0.2) is 40.9 Å². The maximum Gasteiger partial charge on any atom is 0.353 e. The molecule has 0 aliphatic carbocycles. The van der Waals surface area contributed by atoms with Crippen molar-refractivity contribution in [3.63, 3.8) is 0 Å².